The first-order chi connectivity index (χ1) is 13.3. The Morgan fingerprint density at radius 3 is 1.74 bits per heavy atom. The molecule has 0 fully saturated rings. The molecule has 0 spiro atoms. The number of nitrogens with zero attached hydrogens (tertiary/aromatic N) is 1. The number of methoxy groups -OCH3 is 1. The molecular weight excluding hydrogens is 338 g/mol. The number of carbonyl (C=O) groups is 1. The van der Waals surface area contributed by atoms with Crippen molar-refractivity contribution in [2.24, 2.45) is 5.16 Å². The van der Waals surface area contributed by atoms with Crippen LogP contribution in [0.15, 0.2) is 90.1 Å². The summed E-state index contributed by atoms with van der Waals surface area (Å²) >= 11 is 0. The van der Waals surface area contributed by atoms with Gasteiger partial charge in [0.05, 0.1) is 12.7 Å². The second kappa shape index (κ2) is 7.30. The summed E-state index contributed by atoms with van der Waals surface area (Å²) in [5, 5.41) is 4.84. The van der Waals surface area contributed by atoms with Crippen molar-refractivity contribution in [2.45, 2.75) is 0 Å². The van der Waals surface area contributed by atoms with Crippen molar-refractivity contribution in [1.29, 1.82) is 0 Å². The van der Waals surface area contributed by atoms with Crippen LogP contribution in [0.25, 0.3) is 22.3 Å². The lowest BCUT2D eigenvalue weighted by atomic mass is 10.1. The first kappa shape index (κ1) is 16.8. The number of rotatable bonds is 5. The van der Waals surface area contributed by atoms with Crippen molar-refractivity contribution >= 4 is 5.97 Å². The molecule has 0 saturated carbocycles. The minimum atomic E-state index is -0.503. The van der Waals surface area contributed by atoms with Crippen LogP contribution in [-0.4, -0.2) is 13.1 Å². The highest BCUT2D eigenvalue weighted by Gasteiger charge is 2.24. The van der Waals surface area contributed by atoms with Crippen LogP contribution in [0.3, 0.4) is 0 Å². The van der Waals surface area contributed by atoms with Crippen LogP contribution >= 0.6 is 0 Å². The van der Waals surface area contributed by atoms with E-state index in [2.05, 4.69) is 5.16 Å². The van der Waals surface area contributed by atoms with Crippen molar-refractivity contribution in [1.82, 2.24) is 0 Å². The van der Waals surface area contributed by atoms with Gasteiger partial charge in [0.1, 0.15) is 11.1 Å². The molecule has 0 radical (unpaired) electrons. The Morgan fingerprint density at radius 1 is 0.741 bits per heavy atom. The zero-order valence-electron chi connectivity index (χ0n) is 14.8. The van der Waals surface area contributed by atoms with Crippen molar-refractivity contribution in [3.05, 3.63) is 95.8 Å². The lowest BCUT2D eigenvalue weighted by Gasteiger charge is -2.00. The summed E-state index contributed by atoms with van der Waals surface area (Å²) in [7, 11) is 1.58. The summed E-state index contributed by atoms with van der Waals surface area (Å²) < 4.78 is 5.10. The Bertz CT molecular complexity index is 1020. The Labute approximate surface area is 157 Å². The lowest BCUT2D eigenvalue weighted by molar-refractivity contribution is 0.0500. The summed E-state index contributed by atoms with van der Waals surface area (Å²) in [4.78, 5) is 17.5. The normalized spacial score (nSPS) is 10.6. The van der Waals surface area contributed by atoms with Gasteiger partial charge in [-0.25, -0.2) is 4.79 Å². The molecule has 0 heterocycles. The first-order valence-electron chi connectivity index (χ1n) is 8.57. The SMILES string of the molecule is COc1ccc(C(=O)ON=c2c(-c3ccccc3)c2-c2ccccc2)cc1. The lowest BCUT2D eigenvalue weighted by Crippen LogP contribution is -2.02. The zero-order valence-corrected chi connectivity index (χ0v) is 14.8. The molecule has 4 heteroatoms. The second-order valence-corrected chi connectivity index (χ2v) is 6.03. The third-order valence-electron chi connectivity index (χ3n) is 4.33. The quantitative estimate of drug-likeness (QED) is 0.389. The fourth-order valence-electron chi connectivity index (χ4n) is 2.91. The summed E-state index contributed by atoms with van der Waals surface area (Å²) in [6.07, 6.45) is 0. The van der Waals surface area contributed by atoms with E-state index in [4.69, 9.17) is 9.57 Å². The van der Waals surface area contributed by atoms with Gasteiger partial charge in [-0.2, -0.15) is 0 Å². The number of carbonyl (C=O) groups excluding carboxylic acids is 1. The molecule has 0 unspecified atom stereocenters. The number of hydrogen-bond donors (Lipinski definition) is 0. The fourth-order valence-corrected chi connectivity index (χ4v) is 2.91. The van der Waals surface area contributed by atoms with Crippen molar-refractivity contribution in [3.8, 4) is 28.0 Å². The predicted molar refractivity (Wildman–Crippen MR) is 104 cm³/mol. The Kier molecular flexibility index (Phi) is 4.54. The van der Waals surface area contributed by atoms with E-state index in [-0.39, 0.29) is 0 Å². The van der Waals surface area contributed by atoms with Crippen LogP contribution in [-0.2, 0) is 4.84 Å². The molecule has 0 aliphatic carbocycles. The molecule has 0 aliphatic rings. The number of hydrogen-bond acceptors (Lipinski definition) is 4. The average molecular weight is 355 g/mol. The number of benzene rings is 3. The van der Waals surface area contributed by atoms with Gasteiger partial charge in [0.2, 0.25) is 0 Å². The minimum absolute atomic E-state index is 0.420. The van der Waals surface area contributed by atoms with E-state index >= 15 is 0 Å². The predicted octanol–water partition coefficient (Wildman–Crippen LogP) is 4.58. The minimum Gasteiger partial charge on any atom is -0.497 e. The van der Waals surface area contributed by atoms with Crippen molar-refractivity contribution < 1.29 is 14.4 Å². The second-order valence-electron chi connectivity index (χ2n) is 6.03. The van der Waals surface area contributed by atoms with E-state index in [1.165, 1.54) is 0 Å². The molecule has 4 rings (SSSR count). The molecule has 132 valence electrons. The molecule has 4 nitrogen and oxygen atoms in total. The maximum atomic E-state index is 12.3. The summed E-state index contributed by atoms with van der Waals surface area (Å²) in [6, 6.07) is 26.6. The van der Waals surface area contributed by atoms with E-state index in [1.807, 2.05) is 60.7 Å². The Hall–Kier alpha value is -3.66. The van der Waals surface area contributed by atoms with Crippen LogP contribution in [0.1, 0.15) is 10.4 Å². The van der Waals surface area contributed by atoms with Crippen LogP contribution in [0.4, 0.5) is 0 Å². The zero-order chi connectivity index (χ0) is 18.6. The third-order valence-corrected chi connectivity index (χ3v) is 4.33. The summed E-state index contributed by atoms with van der Waals surface area (Å²) in [5.74, 6) is 0.177. The highest BCUT2D eigenvalue weighted by molar-refractivity contribution is 5.94. The van der Waals surface area contributed by atoms with Gasteiger partial charge in [-0.3, -0.25) is 0 Å². The molecule has 0 atom stereocenters. The molecule has 4 aromatic carbocycles. The standard InChI is InChI=1S/C23H17NO3/c1-26-19-14-12-18(13-15-19)23(25)27-24-22-20(16-8-4-2-5-9-16)21(22)17-10-6-3-7-11-17/h2-15H,1H3. The van der Waals surface area contributed by atoms with Gasteiger partial charge in [0, 0.05) is 11.1 Å². The fraction of sp³-hybridized carbons (Fsp3) is 0.0435. The smallest absolute Gasteiger partial charge is 0.365 e. The molecule has 0 aliphatic heterocycles. The van der Waals surface area contributed by atoms with E-state index < -0.39 is 5.97 Å². The van der Waals surface area contributed by atoms with Gasteiger partial charge in [-0.15, -0.1) is 0 Å². The van der Waals surface area contributed by atoms with Gasteiger partial charge < -0.3 is 9.57 Å². The largest absolute Gasteiger partial charge is 0.497 e. The van der Waals surface area contributed by atoms with Crippen LogP contribution in [0.2, 0.25) is 0 Å². The molecule has 0 saturated heterocycles. The van der Waals surface area contributed by atoms with Gasteiger partial charge in [-0.1, -0.05) is 65.8 Å². The molecule has 4 aromatic rings. The van der Waals surface area contributed by atoms with Crippen LogP contribution in [0.5, 0.6) is 5.75 Å². The van der Waals surface area contributed by atoms with Gasteiger partial charge >= 0.3 is 5.97 Å². The van der Waals surface area contributed by atoms with Crippen LogP contribution in [0, 0.1) is 0 Å². The molecule has 0 aromatic heterocycles. The Morgan fingerprint density at radius 2 is 1.26 bits per heavy atom. The van der Waals surface area contributed by atoms with Gasteiger partial charge in [-0.05, 0) is 35.4 Å². The molecular formula is C23H17NO3. The van der Waals surface area contributed by atoms with E-state index in [1.54, 1.807) is 31.4 Å². The highest BCUT2D eigenvalue weighted by atomic mass is 16.7. The molecule has 0 amide bonds. The molecule has 27 heavy (non-hydrogen) atoms. The third kappa shape index (κ3) is 3.51. The monoisotopic (exact) mass is 355 g/mol. The molecule has 0 N–H and O–H groups in total. The highest BCUT2D eigenvalue weighted by Crippen LogP contribution is 2.34. The topological polar surface area (TPSA) is 47.9 Å². The van der Waals surface area contributed by atoms with Crippen molar-refractivity contribution in [3.63, 3.8) is 0 Å². The average Bonchev–Trinajstić information content (AvgIpc) is 3.47. The summed E-state index contributed by atoms with van der Waals surface area (Å²) in [5.41, 5.74) is 4.53. The van der Waals surface area contributed by atoms with Crippen molar-refractivity contribution in [2.75, 3.05) is 7.11 Å². The maximum absolute atomic E-state index is 12.3. The first-order valence-corrected chi connectivity index (χ1v) is 8.57. The Balaban J connectivity index is 1.63. The van der Waals surface area contributed by atoms with Gasteiger partial charge in [0.15, 0.2) is 0 Å². The summed E-state index contributed by atoms with van der Waals surface area (Å²) in [6.45, 7) is 0. The van der Waals surface area contributed by atoms with E-state index in [9.17, 15) is 4.79 Å². The van der Waals surface area contributed by atoms with Crippen LogP contribution < -0.4 is 10.1 Å². The van der Waals surface area contributed by atoms with Gasteiger partial charge in [0.25, 0.3) is 0 Å². The van der Waals surface area contributed by atoms with E-state index in [0.29, 0.717) is 16.7 Å². The maximum Gasteiger partial charge on any atom is 0.365 e. The van der Waals surface area contributed by atoms with E-state index in [0.717, 1.165) is 22.3 Å². The molecule has 0 bridgehead atoms. The number of ether oxygens (including phenoxy) is 1.